The highest BCUT2D eigenvalue weighted by molar-refractivity contribution is 5.03. The minimum Gasteiger partial charge on any atom is -0.389 e. The molecule has 0 amide bonds. The first kappa shape index (κ1) is 16.3. The molecule has 0 aromatic rings. The molecule has 0 radical (unpaired) electrons. The van der Waals surface area contributed by atoms with Gasteiger partial charge in [-0.05, 0) is 31.6 Å². The lowest BCUT2D eigenvalue weighted by atomic mass is 9.63. The van der Waals surface area contributed by atoms with Gasteiger partial charge in [0.2, 0.25) is 0 Å². The lowest BCUT2D eigenvalue weighted by Gasteiger charge is -2.51. The monoisotopic (exact) mass is 282 g/mol. The van der Waals surface area contributed by atoms with E-state index in [0.717, 1.165) is 45.3 Å². The summed E-state index contributed by atoms with van der Waals surface area (Å²) in [6.07, 6.45) is 9.21. The minimum absolute atomic E-state index is 0.00653. The second kappa shape index (κ2) is 6.76. The molecule has 1 saturated heterocycles. The number of piperidine rings is 1. The third-order valence-electron chi connectivity index (χ3n) is 5.75. The van der Waals surface area contributed by atoms with Crippen LogP contribution in [-0.4, -0.2) is 41.8 Å². The molecule has 0 aromatic carbocycles. The van der Waals surface area contributed by atoms with Crippen LogP contribution in [0.25, 0.3) is 0 Å². The molecular weight excluding hydrogens is 248 g/mol. The average Bonchev–Trinajstić information content (AvgIpc) is 2.67. The molecule has 1 heterocycles. The summed E-state index contributed by atoms with van der Waals surface area (Å²) in [5.41, 5.74) is 5.64. The van der Waals surface area contributed by atoms with Gasteiger partial charge < -0.3 is 15.7 Å². The van der Waals surface area contributed by atoms with E-state index in [-0.39, 0.29) is 5.41 Å². The van der Waals surface area contributed by atoms with Crippen molar-refractivity contribution in [2.24, 2.45) is 17.1 Å². The highest BCUT2D eigenvalue weighted by Crippen LogP contribution is 2.47. The maximum atomic E-state index is 11.3. The Labute approximate surface area is 124 Å². The van der Waals surface area contributed by atoms with Crippen LogP contribution in [-0.2, 0) is 0 Å². The van der Waals surface area contributed by atoms with Crippen molar-refractivity contribution in [1.82, 2.24) is 4.90 Å². The SMILES string of the molecule is CC(C)CN1CCC(O)(C2(CN)CCCCCC2)CC1. The second-order valence-corrected chi connectivity index (χ2v) is 7.62. The molecular formula is C17H34N2O. The average molecular weight is 282 g/mol. The Bertz CT molecular complexity index is 287. The number of aliphatic hydroxyl groups is 1. The molecule has 0 atom stereocenters. The standard InChI is InChI=1S/C17H34N2O/c1-15(2)13-19-11-9-17(20,10-12-19)16(14-18)7-5-3-4-6-8-16/h15,20H,3-14,18H2,1-2H3. The molecule has 1 aliphatic heterocycles. The van der Waals surface area contributed by atoms with Gasteiger partial charge >= 0.3 is 0 Å². The van der Waals surface area contributed by atoms with Gasteiger partial charge in [0, 0.05) is 31.6 Å². The molecule has 3 N–H and O–H groups in total. The number of hydrogen-bond acceptors (Lipinski definition) is 3. The predicted octanol–water partition coefficient (Wildman–Crippen LogP) is 2.77. The van der Waals surface area contributed by atoms with E-state index in [9.17, 15) is 5.11 Å². The van der Waals surface area contributed by atoms with Crippen molar-refractivity contribution in [3.05, 3.63) is 0 Å². The fourth-order valence-corrected chi connectivity index (χ4v) is 4.42. The van der Waals surface area contributed by atoms with Crippen molar-refractivity contribution < 1.29 is 5.11 Å². The maximum Gasteiger partial charge on any atom is 0.0740 e. The molecule has 1 saturated carbocycles. The van der Waals surface area contributed by atoms with Crippen LogP contribution in [0.4, 0.5) is 0 Å². The minimum atomic E-state index is -0.514. The second-order valence-electron chi connectivity index (χ2n) is 7.62. The van der Waals surface area contributed by atoms with Gasteiger partial charge in [-0.15, -0.1) is 0 Å². The van der Waals surface area contributed by atoms with Crippen LogP contribution in [0, 0.1) is 11.3 Å². The Morgan fingerprint density at radius 3 is 2.00 bits per heavy atom. The summed E-state index contributed by atoms with van der Waals surface area (Å²) in [7, 11) is 0. The number of nitrogens with zero attached hydrogens (tertiary/aromatic N) is 1. The van der Waals surface area contributed by atoms with Gasteiger partial charge in [0.15, 0.2) is 0 Å². The summed E-state index contributed by atoms with van der Waals surface area (Å²) in [5.74, 6) is 0.711. The van der Waals surface area contributed by atoms with Gasteiger partial charge in [0.25, 0.3) is 0 Å². The molecule has 118 valence electrons. The van der Waals surface area contributed by atoms with Gasteiger partial charge in [0.05, 0.1) is 5.60 Å². The number of hydrogen-bond donors (Lipinski definition) is 2. The maximum absolute atomic E-state index is 11.3. The summed E-state index contributed by atoms with van der Waals surface area (Å²) in [6.45, 7) is 8.44. The normalized spacial score (nSPS) is 27.4. The van der Waals surface area contributed by atoms with Crippen LogP contribution in [0.1, 0.15) is 65.2 Å². The molecule has 2 fully saturated rings. The summed E-state index contributed by atoms with van der Waals surface area (Å²) in [6, 6.07) is 0. The quantitative estimate of drug-likeness (QED) is 0.780. The van der Waals surface area contributed by atoms with Crippen molar-refractivity contribution in [3.8, 4) is 0 Å². The summed E-state index contributed by atoms with van der Waals surface area (Å²) < 4.78 is 0. The third kappa shape index (κ3) is 3.37. The Kier molecular flexibility index (Phi) is 5.49. The van der Waals surface area contributed by atoms with E-state index >= 15 is 0 Å². The molecule has 1 aliphatic carbocycles. The van der Waals surface area contributed by atoms with Crippen LogP contribution < -0.4 is 5.73 Å². The first-order valence-corrected chi connectivity index (χ1v) is 8.66. The van der Waals surface area contributed by atoms with E-state index in [4.69, 9.17) is 5.73 Å². The lowest BCUT2D eigenvalue weighted by molar-refractivity contribution is -0.125. The fourth-order valence-electron chi connectivity index (χ4n) is 4.42. The Hall–Kier alpha value is -0.120. The summed E-state index contributed by atoms with van der Waals surface area (Å²) in [4.78, 5) is 2.51. The van der Waals surface area contributed by atoms with Crippen LogP contribution in [0.5, 0.6) is 0 Å². The zero-order chi connectivity index (χ0) is 14.6. The van der Waals surface area contributed by atoms with Crippen molar-refractivity contribution in [2.75, 3.05) is 26.2 Å². The number of nitrogens with two attached hydrogens (primary N) is 1. The van der Waals surface area contributed by atoms with Gasteiger partial charge in [-0.2, -0.15) is 0 Å². The van der Waals surface area contributed by atoms with E-state index in [2.05, 4.69) is 18.7 Å². The molecule has 2 aliphatic rings. The van der Waals surface area contributed by atoms with Crippen LogP contribution in [0.15, 0.2) is 0 Å². The van der Waals surface area contributed by atoms with E-state index in [1.54, 1.807) is 0 Å². The molecule has 0 bridgehead atoms. The van der Waals surface area contributed by atoms with Crippen LogP contribution >= 0.6 is 0 Å². The highest BCUT2D eigenvalue weighted by atomic mass is 16.3. The number of likely N-dealkylation sites (tertiary alicyclic amines) is 1. The zero-order valence-electron chi connectivity index (χ0n) is 13.5. The number of rotatable bonds is 4. The molecule has 2 rings (SSSR count). The van der Waals surface area contributed by atoms with E-state index in [0.29, 0.717) is 12.5 Å². The lowest BCUT2D eigenvalue weighted by Crippen LogP contribution is -2.58. The Balaban J connectivity index is 2.02. The first-order valence-electron chi connectivity index (χ1n) is 8.66. The molecule has 0 unspecified atom stereocenters. The Morgan fingerprint density at radius 1 is 1.00 bits per heavy atom. The van der Waals surface area contributed by atoms with Crippen molar-refractivity contribution in [3.63, 3.8) is 0 Å². The molecule has 0 aromatic heterocycles. The molecule has 20 heavy (non-hydrogen) atoms. The molecule has 0 spiro atoms. The van der Waals surface area contributed by atoms with Crippen molar-refractivity contribution in [1.29, 1.82) is 0 Å². The molecule has 3 nitrogen and oxygen atoms in total. The van der Waals surface area contributed by atoms with Gasteiger partial charge in [-0.1, -0.05) is 39.5 Å². The van der Waals surface area contributed by atoms with Crippen molar-refractivity contribution >= 4 is 0 Å². The highest BCUT2D eigenvalue weighted by Gasteiger charge is 2.50. The zero-order valence-corrected chi connectivity index (χ0v) is 13.5. The van der Waals surface area contributed by atoms with E-state index < -0.39 is 5.60 Å². The van der Waals surface area contributed by atoms with Crippen LogP contribution in [0.3, 0.4) is 0 Å². The summed E-state index contributed by atoms with van der Waals surface area (Å²) >= 11 is 0. The van der Waals surface area contributed by atoms with E-state index in [1.165, 1.54) is 25.7 Å². The van der Waals surface area contributed by atoms with Gasteiger partial charge in [0.1, 0.15) is 0 Å². The predicted molar refractivity (Wildman–Crippen MR) is 84.7 cm³/mol. The fraction of sp³-hybridized carbons (Fsp3) is 1.00. The summed E-state index contributed by atoms with van der Waals surface area (Å²) in [5, 5.41) is 11.3. The first-order chi connectivity index (χ1) is 9.51. The largest absolute Gasteiger partial charge is 0.389 e. The molecule has 3 heteroatoms. The topological polar surface area (TPSA) is 49.5 Å². The van der Waals surface area contributed by atoms with Crippen LogP contribution in [0.2, 0.25) is 0 Å². The smallest absolute Gasteiger partial charge is 0.0740 e. The van der Waals surface area contributed by atoms with Crippen molar-refractivity contribution in [2.45, 2.75) is 70.8 Å². The van der Waals surface area contributed by atoms with E-state index in [1.807, 2.05) is 0 Å². The third-order valence-corrected chi connectivity index (χ3v) is 5.75. The van der Waals surface area contributed by atoms with Gasteiger partial charge in [-0.25, -0.2) is 0 Å². The Morgan fingerprint density at radius 2 is 1.55 bits per heavy atom. The van der Waals surface area contributed by atoms with Gasteiger partial charge in [-0.3, -0.25) is 0 Å².